The van der Waals surface area contributed by atoms with E-state index in [1.807, 2.05) is 0 Å². The SMILES string of the molecule is Cl.c1ccc(CN[C@H]2CC[C@@H](c3ccccc3)CC2)cc1. The zero-order valence-electron chi connectivity index (χ0n) is 12.4. The second kappa shape index (κ2) is 8.21. The van der Waals surface area contributed by atoms with Gasteiger partial charge in [-0.1, -0.05) is 60.7 Å². The molecule has 3 rings (SSSR count). The summed E-state index contributed by atoms with van der Waals surface area (Å²) in [6.45, 7) is 1.00. The predicted molar refractivity (Wildman–Crippen MR) is 92.0 cm³/mol. The van der Waals surface area contributed by atoms with Gasteiger partial charge in [0.2, 0.25) is 0 Å². The van der Waals surface area contributed by atoms with Crippen molar-refractivity contribution >= 4 is 12.4 Å². The molecular formula is C19H24ClN. The molecule has 0 aliphatic heterocycles. The first-order valence-corrected chi connectivity index (χ1v) is 7.74. The van der Waals surface area contributed by atoms with Crippen LogP contribution in [0.4, 0.5) is 0 Å². The monoisotopic (exact) mass is 301 g/mol. The minimum Gasteiger partial charge on any atom is -0.310 e. The molecule has 0 radical (unpaired) electrons. The summed E-state index contributed by atoms with van der Waals surface area (Å²) in [5.74, 6) is 0.769. The molecule has 21 heavy (non-hydrogen) atoms. The molecule has 2 aromatic carbocycles. The van der Waals surface area contributed by atoms with Gasteiger partial charge in [-0.3, -0.25) is 0 Å². The third-order valence-corrected chi connectivity index (χ3v) is 4.44. The second-order valence-electron chi connectivity index (χ2n) is 5.83. The molecule has 112 valence electrons. The van der Waals surface area contributed by atoms with Gasteiger partial charge in [-0.05, 0) is 42.7 Å². The Bertz CT molecular complexity index is 504. The van der Waals surface area contributed by atoms with Gasteiger partial charge in [-0.2, -0.15) is 0 Å². The van der Waals surface area contributed by atoms with E-state index in [0.29, 0.717) is 6.04 Å². The molecule has 2 aromatic rings. The maximum Gasteiger partial charge on any atom is 0.0208 e. The van der Waals surface area contributed by atoms with E-state index in [-0.39, 0.29) is 12.4 Å². The molecule has 1 fully saturated rings. The van der Waals surface area contributed by atoms with E-state index in [9.17, 15) is 0 Å². The van der Waals surface area contributed by atoms with Gasteiger partial charge in [-0.25, -0.2) is 0 Å². The van der Waals surface area contributed by atoms with Crippen LogP contribution in [0, 0.1) is 0 Å². The summed E-state index contributed by atoms with van der Waals surface area (Å²) in [5.41, 5.74) is 2.91. The first-order chi connectivity index (χ1) is 9.92. The van der Waals surface area contributed by atoms with Crippen LogP contribution in [0.3, 0.4) is 0 Å². The van der Waals surface area contributed by atoms with Gasteiger partial charge in [0.05, 0.1) is 0 Å². The van der Waals surface area contributed by atoms with Crippen LogP contribution < -0.4 is 5.32 Å². The Morgan fingerprint density at radius 2 is 1.33 bits per heavy atom. The molecule has 0 amide bonds. The molecule has 0 heterocycles. The highest BCUT2D eigenvalue weighted by Gasteiger charge is 2.21. The van der Waals surface area contributed by atoms with E-state index in [0.717, 1.165) is 12.5 Å². The Morgan fingerprint density at radius 1 is 0.762 bits per heavy atom. The lowest BCUT2D eigenvalue weighted by molar-refractivity contribution is 0.341. The Morgan fingerprint density at radius 3 is 1.95 bits per heavy atom. The largest absolute Gasteiger partial charge is 0.310 e. The number of rotatable bonds is 4. The van der Waals surface area contributed by atoms with Gasteiger partial charge >= 0.3 is 0 Å². The molecule has 0 aromatic heterocycles. The van der Waals surface area contributed by atoms with E-state index < -0.39 is 0 Å². The lowest BCUT2D eigenvalue weighted by Gasteiger charge is -2.29. The molecule has 1 aliphatic rings. The van der Waals surface area contributed by atoms with Crippen molar-refractivity contribution in [2.75, 3.05) is 0 Å². The van der Waals surface area contributed by atoms with Crippen LogP contribution >= 0.6 is 12.4 Å². The zero-order chi connectivity index (χ0) is 13.6. The molecule has 0 bridgehead atoms. The third kappa shape index (κ3) is 4.59. The highest BCUT2D eigenvalue weighted by atomic mass is 35.5. The van der Waals surface area contributed by atoms with Crippen LogP contribution in [0.5, 0.6) is 0 Å². The van der Waals surface area contributed by atoms with Crippen LogP contribution in [0.1, 0.15) is 42.7 Å². The van der Waals surface area contributed by atoms with E-state index >= 15 is 0 Å². The van der Waals surface area contributed by atoms with Crippen LogP contribution in [-0.4, -0.2) is 6.04 Å². The number of hydrogen-bond donors (Lipinski definition) is 1. The van der Waals surface area contributed by atoms with Gasteiger partial charge in [0.15, 0.2) is 0 Å². The second-order valence-corrected chi connectivity index (χ2v) is 5.83. The van der Waals surface area contributed by atoms with Crippen molar-refractivity contribution < 1.29 is 0 Å². The lowest BCUT2D eigenvalue weighted by Crippen LogP contribution is -2.32. The molecular weight excluding hydrogens is 278 g/mol. The normalized spacial score (nSPS) is 21.5. The Balaban J connectivity index is 0.00000161. The summed E-state index contributed by atoms with van der Waals surface area (Å²) in [4.78, 5) is 0. The topological polar surface area (TPSA) is 12.0 Å². The summed E-state index contributed by atoms with van der Waals surface area (Å²) in [5, 5.41) is 3.71. The maximum absolute atomic E-state index is 3.71. The molecule has 1 aliphatic carbocycles. The maximum atomic E-state index is 3.71. The number of hydrogen-bond acceptors (Lipinski definition) is 1. The van der Waals surface area contributed by atoms with Crippen LogP contribution in [0.25, 0.3) is 0 Å². The number of halogens is 1. The van der Waals surface area contributed by atoms with Crippen molar-refractivity contribution in [3.8, 4) is 0 Å². The van der Waals surface area contributed by atoms with Crippen LogP contribution in [0.2, 0.25) is 0 Å². The van der Waals surface area contributed by atoms with Crippen molar-refractivity contribution in [1.82, 2.24) is 5.32 Å². The first-order valence-electron chi connectivity index (χ1n) is 7.74. The molecule has 0 unspecified atom stereocenters. The molecule has 0 spiro atoms. The van der Waals surface area contributed by atoms with Gasteiger partial charge in [-0.15, -0.1) is 12.4 Å². The molecule has 1 N–H and O–H groups in total. The Hall–Kier alpha value is -1.31. The number of nitrogens with one attached hydrogen (secondary N) is 1. The van der Waals surface area contributed by atoms with Crippen molar-refractivity contribution in [2.24, 2.45) is 0 Å². The highest BCUT2D eigenvalue weighted by molar-refractivity contribution is 5.85. The van der Waals surface area contributed by atoms with E-state index in [4.69, 9.17) is 0 Å². The summed E-state index contributed by atoms with van der Waals surface area (Å²) >= 11 is 0. The molecule has 1 nitrogen and oxygen atoms in total. The summed E-state index contributed by atoms with van der Waals surface area (Å²) in [6.07, 6.45) is 5.23. The van der Waals surface area contributed by atoms with Gasteiger partial charge < -0.3 is 5.32 Å². The van der Waals surface area contributed by atoms with Crippen LogP contribution in [0.15, 0.2) is 60.7 Å². The fourth-order valence-corrected chi connectivity index (χ4v) is 3.21. The lowest BCUT2D eigenvalue weighted by atomic mass is 9.82. The quantitative estimate of drug-likeness (QED) is 0.845. The minimum atomic E-state index is 0. The van der Waals surface area contributed by atoms with Crippen molar-refractivity contribution in [3.63, 3.8) is 0 Å². The van der Waals surface area contributed by atoms with Crippen molar-refractivity contribution in [3.05, 3.63) is 71.8 Å². The van der Waals surface area contributed by atoms with E-state index in [1.54, 1.807) is 0 Å². The van der Waals surface area contributed by atoms with Crippen molar-refractivity contribution in [1.29, 1.82) is 0 Å². The third-order valence-electron chi connectivity index (χ3n) is 4.44. The highest BCUT2D eigenvalue weighted by Crippen LogP contribution is 2.32. The molecule has 1 saturated carbocycles. The average molecular weight is 302 g/mol. The number of benzene rings is 2. The van der Waals surface area contributed by atoms with Gasteiger partial charge in [0.25, 0.3) is 0 Å². The summed E-state index contributed by atoms with van der Waals surface area (Å²) < 4.78 is 0. The van der Waals surface area contributed by atoms with Gasteiger partial charge in [0, 0.05) is 12.6 Å². The molecule has 0 saturated heterocycles. The predicted octanol–water partition coefficient (Wildman–Crippen LogP) is 4.92. The van der Waals surface area contributed by atoms with Crippen molar-refractivity contribution in [2.45, 2.75) is 44.2 Å². The zero-order valence-corrected chi connectivity index (χ0v) is 13.2. The smallest absolute Gasteiger partial charge is 0.0208 e. The van der Waals surface area contributed by atoms with E-state index in [2.05, 4.69) is 66.0 Å². The first kappa shape index (κ1) is 16.1. The Kier molecular flexibility index (Phi) is 6.28. The Labute approximate surface area is 134 Å². The summed E-state index contributed by atoms with van der Waals surface area (Å²) in [7, 11) is 0. The van der Waals surface area contributed by atoms with Gasteiger partial charge in [0.1, 0.15) is 0 Å². The fraction of sp³-hybridized carbons (Fsp3) is 0.368. The minimum absolute atomic E-state index is 0. The fourth-order valence-electron chi connectivity index (χ4n) is 3.21. The standard InChI is InChI=1S/C19H23N.ClH/c1-3-7-16(8-4-1)15-20-19-13-11-18(12-14-19)17-9-5-2-6-10-17;/h1-10,18-20H,11-15H2;1H/t18-,19+;. The molecule has 2 heteroatoms. The average Bonchev–Trinajstić information content (AvgIpc) is 2.55. The molecule has 0 atom stereocenters. The summed E-state index contributed by atoms with van der Waals surface area (Å²) in [6, 6.07) is 22.4. The van der Waals surface area contributed by atoms with E-state index in [1.165, 1.54) is 36.8 Å². The van der Waals surface area contributed by atoms with Crippen LogP contribution in [-0.2, 0) is 6.54 Å².